The highest BCUT2D eigenvalue weighted by Gasteiger charge is 2.40. The van der Waals surface area contributed by atoms with Crippen LogP contribution in [-0.2, 0) is 6.18 Å². The van der Waals surface area contributed by atoms with Gasteiger partial charge in [-0.3, -0.25) is 0 Å². The number of nitrogens with zero attached hydrogens (tertiary/aromatic N) is 1. The monoisotopic (exact) mass is 435 g/mol. The minimum Gasteiger partial charge on any atom is -0.508 e. The summed E-state index contributed by atoms with van der Waals surface area (Å²) in [6, 6.07) is 5.57. The second-order valence-corrected chi connectivity index (χ2v) is 7.38. The first-order valence-electron chi connectivity index (χ1n) is 8.42. The third-order valence-corrected chi connectivity index (χ3v) is 5.68. The van der Waals surface area contributed by atoms with Crippen LogP contribution in [0.15, 0.2) is 35.0 Å². The van der Waals surface area contributed by atoms with Crippen LogP contribution in [0.2, 0.25) is 0 Å². The van der Waals surface area contributed by atoms with Gasteiger partial charge in [-0.15, -0.1) is 0 Å². The quantitative estimate of drug-likeness (QED) is 0.485. The molecule has 0 saturated carbocycles. The van der Waals surface area contributed by atoms with Gasteiger partial charge in [-0.25, -0.2) is 4.39 Å². The van der Waals surface area contributed by atoms with Gasteiger partial charge in [0.15, 0.2) is 11.6 Å². The van der Waals surface area contributed by atoms with Gasteiger partial charge in [0.2, 0.25) is 5.82 Å². The number of allylic oxidation sites excluding steroid dienone is 1. The number of phenolic OH excluding ortho intramolecular Hbond substituents is 2. The second kappa shape index (κ2) is 6.85. The number of hydrogen-bond acceptors (Lipinski definition) is 4. The van der Waals surface area contributed by atoms with Crippen LogP contribution >= 0.6 is 11.3 Å². The number of benzene rings is 2. The first kappa shape index (κ1) is 19.9. The lowest BCUT2D eigenvalue weighted by molar-refractivity contribution is -0.137. The molecule has 1 unspecified atom stereocenters. The van der Waals surface area contributed by atoms with E-state index < -0.39 is 40.8 Å². The summed E-state index contributed by atoms with van der Waals surface area (Å²) < 4.78 is 69.5. The molecule has 0 spiro atoms. The maximum atomic E-state index is 14.6. The third-order valence-electron chi connectivity index (χ3n) is 4.92. The largest absolute Gasteiger partial charge is 0.508 e. The zero-order valence-corrected chi connectivity index (χ0v) is 15.6. The molecule has 152 valence electrons. The number of fused-ring (bicyclic) bond motifs is 1. The predicted octanol–water partition coefficient (Wildman–Crippen LogP) is 6.01. The van der Waals surface area contributed by atoms with E-state index in [1.807, 2.05) is 6.07 Å². The molecule has 9 heteroatoms. The van der Waals surface area contributed by atoms with Crippen LogP contribution in [0, 0.1) is 23.0 Å². The van der Waals surface area contributed by atoms with E-state index in [4.69, 9.17) is 0 Å². The maximum Gasteiger partial charge on any atom is 0.417 e. The molecular weight excluding hydrogens is 425 g/mol. The van der Waals surface area contributed by atoms with Gasteiger partial charge in [-0.2, -0.15) is 34.2 Å². The minimum atomic E-state index is -4.81. The summed E-state index contributed by atoms with van der Waals surface area (Å²) in [5.41, 5.74) is -1.32. The Kier molecular flexibility index (Phi) is 4.55. The SMILES string of the molecule is N#Cc1cscc1C1C(c2ccc(O)c(F)c2F)=Cc2c1cc(O)cc2C(F)(F)F. The van der Waals surface area contributed by atoms with Gasteiger partial charge in [-0.1, -0.05) is 0 Å². The molecule has 0 amide bonds. The zero-order valence-electron chi connectivity index (χ0n) is 14.8. The summed E-state index contributed by atoms with van der Waals surface area (Å²) in [5, 5.41) is 31.7. The Bertz CT molecular complexity index is 1250. The maximum absolute atomic E-state index is 14.6. The molecule has 1 heterocycles. The molecule has 0 saturated heterocycles. The van der Waals surface area contributed by atoms with Crippen molar-refractivity contribution in [3.8, 4) is 17.6 Å². The minimum absolute atomic E-state index is 0.0140. The number of aromatic hydroxyl groups is 2. The van der Waals surface area contributed by atoms with Crippen molar-refractivity contribution in [1.82, 2.24) is 0 Å². The van der Waals surface area contributed by atoms with Crippen LogP contribution in [0.3, 0.4) is 0 Å². The van der Waals surface area contributed by atoms with Gasteiger partial charge in [0.05, 0.1) is 11.1 Å². The first-order valence-corrected chi connectivity index (χ1v) is 9.37. The summed E-state index contributed by atoms with van der Waals surface area (Å²) in [4.78, 5) is 0. The molecule has 0 bridgehead atoms. The van der Waals surface area contributed by atoms with Crippen molar-refractivity contribution in [1.29, 1.82) is 5.26 Å². The molecule has 4 rings (SSSR count). The molecule has 1 aromatic heterocycles. The van der Waals surface area contributed by atoms with E-state index in [0.29, 0.717) is 11.6 Å². The van der Waals surface area contributed by atoms with Gasteiger partial charge in [0.25, 0.3) is 0 Å². The van der Waals surface area contributed by atoms with Crippen LogP contribution in [0.1, 0.15) is 39.3 Å². The number of rotatable bonds is 2. The predicted molar refractivity (Wildman–Crippen MR) is 99.9 cm³/mol. The van der Waals surface area contributed by atoms with Gasteiger partial charge in [-0.05, 0) is 58.0 Å². The molecule has 0 aliphatic heterocycles. The highest BCUT2D eigenvalue weighted by Crippen LogP contribution is 2.52. The van der Waals surface area contributed by atoms with Crippen molar-refractivity contribution < 1.29 is 32.2 Å². The Balaban J connectivity index is 2.06. The second-order valence-electron chi connectivity index (χ2n) is 6.64. The zero-order chi connectivity index (χ0) is 21.8. The van der Waals surface area contributed by atoms with E-state index in [9.17, 15) is 37.4 Å². The van der Waals surface area contributed by atoms with E-state index in [2.05, 4.69) is 0 Å². The molecule has 1 aliphatic rings. The Morgan fingerprint density at radius 2 is 1.73 bits per heavy atom. The van der Waals surface area contributed by atoms with Crippen LogP contribution in [0.25, 0.3) is 11.6 Å². The molecule has 0 radical (unpaired) electrons. The van der Waals surface area contributed by atoms with Crippen LogP contribution in [0.4, 0.5) is 22.0 Å². The molecule has 2 N–H and O–H groups in total. The summed E-state index contributed by atoms with van der Waals surface area (Å²) >= 11 is 1.13. The number of phenols is 2. The summed E-state index contributed by atoms with van der Waals surface area (Å²) in [6.07, 6.45) is -3.74. The molecular formula is C21H10F5NO2S. The molecule has 3 aromatic rings. The average Bonchev–Trinajstić information content (AvgIpc) is 3.28. The Morgan fingerprint density at radius 3 is 2.40 bits per heavy atom. The van der Waals surface area contributed by atoms with Crippen LogP contribution < -0.4 is 0 Å². The third kappa shape index (κ3) is 3.00. The number of hydrogen-bond donors (Lipinski definition) is 2. The highest BCUT2D eigenvalue weighted by molar-refractivity contribution is 7.08. The van der Waals surface area contributed by atoms with Gasteiger partial charge in [0, 0.05) is 16.9 Å². The van der Waals surface area contributed by atoms with Gasteiger partial charge in [0.1, 0.15) is 11.8 Å². The standard InChI is InChI=1S/C21H10F5NO2S/c22-19-11(1-2-17(29)20(19)23)14-5-12-13(3-10(28)4-16(12)21(24,25)26)18(14)15-8-30-7-9(15)6-27/h1-5,7-8,18,28-29H. The van der Waals surface area contributed by atoms with E-state index in [-0.39, 0.29) is 27.8 Å². The summed E-state index contributed by atoms with van der Waals surface area (Å²) in [6.45, 7) is 0. The van der Waals surface area contributed by atoms with Crippen molar-refractivity contribution in [2.24, 2.45) is 0 Å². The Labute approximate surface area is 170 Å². The number of alkyl halides is 3. The summed E-state index contributed by atoms with van der Waals surface area (Å²) in [7, 11) is 0. The normalized spacial score (nSPS) is 15.6. The fourth-order valence-electron chi connectivity index (χ4n) is 3.65. The van der Waals surface area contributed by atoms with E-state index in [1.54, 1.807) is 0 Å². The van der Waals surface area contributed by atoms with Crippen LogP contribution in [0.5, 0.6) is 11.5 Å². The molecule has 3 nitrogen and oxygen atoms in total. The smallest absolute Gasteiger partial charge is 0.417 e. The molecule has 2 aromatic carbocycles. The molecule has 30 heavy (non-hydrogen) atoms. The lowest BCUT2D eigenvalue weighted by Gasteiger charge is -2.19. The first-order chi connectivity index (χ1) is 14.1. The highest BCUT2D eigenvalue weighted by atomic mass is 32.1. The van der Waals surface area contributed by atoms with Crippen molar-refractivity contribution >= 4 is 23.0 Å². The van der Waals surface area contributed by atoms with Crippen molar-refractivity contribution in [3.63, 3.8) is 0 Å². The topological polar surface area (TPSA) is 64.2 Å². The van der Waals surface area contributed by atoms with E-state index in [1.165, 1.54) is 10.8 Å². The van der Waals surface area contributed by atoms with Crippen molar-refractivity contribution in [3.05, 3.63) is 80.0 Å². The number of nitriles is 1. The van der Waals surface area contributed by atoms with E-state index in [0.717, 1.165) is 35.6 Å². The average molecular weight is 435 g/mol. The Morgan fingerprint density at radius 1 is 1.00 bits per heavy atom. The molecule has 0 fully saturated rings. The van der Waals surface area contributed by atoms with Crippen molar-refractivity contribution in [2.75, 3.05) is 0 Å². The number of thiophene rings is 1. The summed E-state index contributed by atoms with van der Waals surface area (Å²) in [5.74, 6) is -5.59. The van der Waals surface area contributed by atoms with Gasteiger partial charge >= 0.3 is 6.18 Å². The Hall–Kier alpha value is -3.38. The molecule has 1 atom stereocenters. The van der Waals surface area contributed by atoms with Gasteiger partial charge < -0.3 is 10.2 Å². The fourth-order valence-corrected chi connectivity index (χ4v) is 4.46. The van der Waals surface area contributed by atoms with Crippen LogP contribution in [-0.4, -0.2) is 10.2 Å². The van der Waals surface area contributed by atoms with E-state index >= 15 is 0 Å². The fraction of sp³-hybridized carbons (Fsp3) is 0.0952. The lowest BCUT2D eigenvalue weighted by atomic mass is 9.84. The number of halogens is 5. The molecule has 1 aliphatic carbocycles. The lowest BCUT2D eigenvalue weighted by Crippen LogP contribution is -2.09. The van der Waals surface area contributed by atoms with Crippen molar-refractivity contribution in [2.45, 2.75) is 12.1 Å².